The van der Waals surface area contributed by atoms with Crippen LogP contribution in [0.15, 0.2) is 42.7 Å². The molecule has 0 aliphatic carbocycles. The Morgan fingerprint density at radius 1 is 1.29 bits per heavy atom. The number of aryl methyl sites for hydroxylation is 1. The molecule has 0 amide bonds. The number of hydrogen-bond donors (Lipinski definition) is 2. The van der Waals surface area contributed by atoms with Crippen molar-refractivity contribution in [2.75, 3.05) is 4.72 Å². The van der Waals surface area contributed by atoms with Gasteiger partial charge in [0, 0.05) is 18.0 Å². The lowest BCUT2D eigenvalue weighted by atomic mass is 10.1. The number of nitrogens with two attached hydrogens (primary N) is 1. The predicted molar refractivity (Wildman–Crippen MR) is 87.5 cm³/mol. The van der Waals surface area contributed by atoms with Gasteiger partial charge in [-0.1, -0.05) is 36.5 Å². The number of sulfonamides is 1. The quantitative estimate of drug-likeness (QED) is 0.822. The van der Waals surface area contributed by atoms with Crippen molar-refractivity contribution in [3.05, 3.63) is 59.4 Å². The fourth-order valence-corrected chi connectivity index (χ4v) is 3.18. The van der Waals surface area contributed by atoms with Gasteiger partial charge in [-0.25, -0.2) is 8.42 Å². The number of benzene rings is 1. The highest BCUT2D eigenvalue weighted by molar-refractivity contribution is 7.91. The van der Waals surface area contributed by atoms with E-state index in [0.29, 0.717) is 16.8 Å². The summed E-state index contributed by atoms with van der Waals surface area (Å²) in [6, 6.07) is 8.46. The lowest BCUT2D eigenvalue weighted by Crippen LogP contribution is -2.16. The summed E-state index contributed by atoms with van der Waals surface area (Å²) in [7, 11) is -3.49. The third kappa shape index (κ3) is 4.24. The number of thiocarbonyl (C=S) groups is 1. The SMILES string of the molecule is Cc1cnccc1NS(=O)(=O)Cc1ccc(C(N)=S)cc1. The lowest BCUT2D eigenvalue weighted by molar-refractivity contribution is 0.600. The van der Waals surface area contributed by atoms with Gasteiger partial charge >= 0.3 is 0 Å². The van der Waals surface area contributed by atoms with Crippen LogP contribution in [0.2, 0.25) is 0 Å². The minimum atomic E-state index is -3.49. The van der Waals surface area contributed by atoms with Gasteiger partial charge in [-0.3, -0.25) is 9.71 Å². The number of pyridine rings is 1. The van der Waals surface area contributed by atoms with E-state index in [-0.39, 0.29) is 10.7 Å². The first-order chi connectivity index (χ1) is 9.87. The highest BCUT2D eigenvalue weighted by Gasteiger charge is 2.13. The molecule has 1 aromatic heterocycles. The van der Waals surface area contributed by atoms with Crippen LogP contribution in [0.25, 0.3) is 0 Å². The van der Waals surface area contributed by atoms with Crippen LogP contribution in [0, 0.1) is 6.92 Å². The van der Waals surface area contributed by atoms with Crippen LogP contribution in [0.5, 0.6) is 0 Å². The third-order valence-corrected chi connectivity index (χ3v) is 4.36. The molecule has 3 N–H and O–H groups in total. The number of nitrogens with one attached hydrogen (secondary N) is 1. The van der Waals surface area contributed by atoms with Crippen molar-refractivity contribution >= 4 is 32.9 Å². The molecular formula is C14H15N3O2S2. The Hall–Kier alpha value is -1.99. The molecule has 0 spiro atoms. The Morgan fingerprint density at radius 2 is 1.95 bits per heavy atom. The van der Waals surface area contributed by atoms with Gasteiger partial charge in [0.2, 0.25) is 10.0 Å². The van der Waals surface area contributed by atoms with Gasteiger partial charge in [-0.2, -0.15) is 0 Å². The average Bonchev–Trinajstić information content (AvgIpc) is 2.41. The summed E-state index contributed by atoms with van der Waals surface area (Å²) < 4.78 is 26.9. The first-order valence-corrected chi connectivity index (χ1v) is 8.23. The van der Waals surface area contributed by atoms with Gasteiger partial charge in [0.15, 0.2) is 0 Å². The Labute approximate surface area is 129 Å². The Morgan fingerprint density at radius 3 is 2.52 bits per heavy atom. The molecule has 0 aliphatic rings. The molecule has 110 valence electrons. The molecule has 0 fully saturated rings. The minimum absolute atomic E-state index is 0.119. The molecular weight excluding hydrogens is 306 g/mol. The van der Waals surface area contributed by atoms with Crippen LogP contribution in [-0.2, 0) is 15.8 Å². The summed E-state index contributed by atoms with van der Waals surface area (Å²) in [5, 5.41) is 0. The Balaban J connectivity index is 2.14. The number of nitrogens with zero attached hydrogens (tertiary/aromatic N) is 1. The lowest BCUT2D eigenvalue weighted by Gasteiger charge is -2.10. The minimum Gasteiger partial charge on any atom is -0.389 e. The van der Waals surface area contributed by atoms with Crippen LogP contribution in [0.4, 0.5) is 5.69 Å². The summed E-state index contributed by atoms with van der Waals surface area (Å²) in [6.07, 6.45) is 3.15. The van der Waals surface area contributed by atoms with Gasteiger partial charge in [0.25, 0.3) is 0 Å². The first-order valence-electron chi connectivity index (χ1n) is 6.17. The monoisotopic (exact) mass is 321 g/mol. The highest BCUT2D eigenvalue weighted by Crippen LogP contribution is 2.16. The average molecular weight is 321 g/mol. The van der Waals surface area contributed by atoms with E-state index in [9.17, 15) is 8.42 Å². The second-order valence-electron chi connectivity index (χ2n) is 4.61. The van der Waals surface area contributed by atoms with Gasteiger partial charge in [0.05, 0.1) is 11.4 Å². The normalized spacial score (nSPS) is 11.1. The molecule has 0 aliphatic heterocycles. The van der Waals surface area contributed by atoms with Crippen LogP contribution in [-0.4, -0.2) is 18.4 Å². The molecule has 0 saturated carbocycles. The Bertz CT molecular complexity index is 756. The van der Waals surface area contributed by atoms with Crippen LogP contribution in [0.1, 0.15) is 16.7 Å². The fraction of sp³-hybridized carbons (Fsp3) is 0.143. The molecule has 1 aromatic carbocycles. The maximum Gasteiger partial charge on any atom is 0.236 e. The molecule has 21 heavy (non-hydrogen) atoms. The molecule has 0 saturated heterocycles. The second kappa shape index (κ2) is 6.19. The smallest absolute Gasteiger partial charge is 0.236 e. The summed E-state index contributed by atoms with van der Waals surface area (Å²) in [5.41, 5.74) is 8.18. The summed E-state index contributed by atoms with van der Waals surface area (Å²) in [6.45, 7) is 1.79. The summed E-state index contributed by atoms with van der Waals surface area (Å²) in [4.78, 5) is 4.21. The van der Waals surface area contributed by atoms with Crippen LogP contribution >= 0.6 is 12.2 Å². The number of hydrogen-bond acceptors (Lipinski definition) is 4. The molecule has 1 heterocycles. The van der Waals surface area contributed by atoms with Crippen molar-refractivity contribution in [1.29, 1.82) is 0 Å². The van der Waals surface area contributed by atoms with Crippen LogP contribution < -0.4 is 10.5 Å². The highest BCUT2D eigenvalue weighted by atomic mass is 32.2. The molecule has 7 heteroatoms. The molecule has 0 unspecified atom stereocenters. The van der Waals surface area contributed by atoms with E-state index in [2.05, 4.69) is 9.71 Å². The molecule has 0 radical (unpaired) electrons. The molecule has 0 bridgehead atoms. The zero-order valence-electron chi connectivity index (χ0n) is 11.4. The van der Waals surface area contributed by atoms with E-state index in [1.165, 1.54) is 0 Å². The topological polar surface area (TPSA) is 85.1 Å². The molecule has 2 rings (SSSR count). The number of anilines is 1. The largest absolute Gasteiger partial charge is 0.389 e. The zero-order valence-corrected chi connectivity index (χ0v) is 13.0. The molecule has 2 aromatic rings. The standard InChI is InChI=1S/C14H15N3O2S2/c1-10-8-16-7-6-13(10)17-21(18,19)9-11-2-4-12(5-3-11)14(15)20/h2-8H,9H2,1H3,(H2,15,20)(H,16,17). The van der Waals surface area contributed by atoms with Crippen molar-refractivity contribution in [1.82, 2.24) is 4.98 Å². The second-order valence-corrected chi connectivity index (χ2v) is 6.78. The van der Waals surface area contributed by atoms with Crippen LogP contribution in [0.3, 0.4) is 0 Å². The zero-order chi connectivity index (χ0) is 15.5. The van der Waals surface area contributed by atoms with E-state index < -0.39 is 10.0 Å². The first kappa shape index (κ1) is 15.4. The third-order valence-electron chi connectivity index (χ3n) is 2.88. The fourth-order valence-electron chi connectivity index (χ4n) is 1.78. The van der Waals surface area contributed by atoms with Crippen molar-refractivity contribution in [3.8, 4) is 0 Å². The van der Waals surface area contributed by atoms with E-state index >= 15 is 0 Å². The van der Waals surface area contributed by atoms with Gasteiger partial charge < -0.3 is 5.73 Å². The van der Waals surface area contributed by atoms with Crippen molar-refractivity contribution in [2.24, 2.45) is 5.73 Å². The van der Waals surface area contributed by atoms with E-state index in [1.54, 1.807) is 49.6 Å². The van der Waals surface area contributed by atoms with Gasteiger partial charge in [-0.15, -0.1) is 0 Å². The van der Waals surface area contributed by atoms with E-state index in [4.69, 9.17) is 18.0 Å². The summed E-state index contributed by atoms with van der Waals surface area (Å²) in [5.74, 6) is -0.119. The molecule has 0 atom stereocenters. The Kier molecular flexibility index (Phi) is 4.54. The predicted octanol–water partition coefficient (Wildman–Crippen LogP) is 1.97. The van der Waals surface area contributed by atoms with Gasteiger partial charge in [0.1, 0.15) is 4.99 Å². The van der Waals surface area contributed by atoms with Gasteiger partial charge in [-0.05, 0) is 24.1 Å². The number of aromatic nitrogens is 1. The maximum absolute atomic E-state index is 12.2. The number of rotatable bonds is 5. The van der Waals surface area contributed by atoms with E-state index in [1.807, 2.05) is 0 Å². The van der Waals surface area contributed by atoms with Crippen molar-refractivity contribution in [2.45, 2.75) is 12.7 Å². The van der Waals surface area contributed by atoms with Crippen molar-refractivity contribution in [3.63, 3.8) is 0 Å². The maximum atomic E-state index is 12.2. The van der Waals surface area contributed by atoms with E-state index in [0.717, 1.165) is 5.56 Å². The molecule has 5 nitrogen and oxygen atoms in total. The van der Waals surface area contributed by atoms with Crippen molar-refractivity contribution < 1.29 is 8.42 Å². The summed E-state index contributed by atoms with van der Waals surface area (Å²) >= 11 is 4.86.